The molecular formula is C32H35F3N2O3. The van der Waals surface area contributed by atoms with E-state index in [1.54, 1.807) is 12.1 Å². The number of benzene rings is 3. The second-order valence-electron chi connectivity index (χ2n) is 11.0. The van der Waals surface area contributed by atoms with Crippen molar-refractivity contribution in [2.45, 2.75) is 64.8 Å². The number of carbonyl (C=O) groups excluding carboxylic acids is 1. The number of halogens is 3. The first kappa shape index (κ1) is 29.2. The second kappa shape index (κ2) is 12.1. The van der Waals surface area contributed by atoms with Gasteiger partial charge in [-0.3, -0.25) is 4.79 Å². The van der Waals surface area contributed by atoms with E-state index in [9.17, 15) is 23.5 Å². The molecule has 3 aromatic carbocycles. The number of carboxylic acid groups (broad SMARTS) is 1. The number of hydrogen-bond acceptors (Lipinski definition) is 3. The van der Waals surface area contributed by atoms with Crippen molar-refractivity contribution in [3.8, 4) is 11.1 Å². The molecule has 0 heterocycles. The fourth-order valence-electron chi connectivity index (χ4n) is 5.27. The van der Waals surface area contributed by atoms with Crippen molar-refractivity contribution in [2.24, 2.45) is 5.92 Å². The average Bonchev–Trinajstić information content (AvgIpc) is 2.89. The summed E-state index contributed by atoms with van der Waals surface area (Å²) in [6.07, 6.45) is 0.0449. The van der Waals surface area contributed by atoms with Crippen LogP contribution < -0.4 is 10.2 Å². The molecule has 0 saturated heterocycles. The zero-order valence-electron chi connectivity index (χ0n) is 23.0. The third kappa shape index (κ3) is 7.03. The van der Waals surface area contributed by atoms with Crippen molar-refractivity contribution in [3.05, 3.63) is 83.2 Å². The largest absolute Gasteiger partial charge is 0.478 e. The van der Waals surface area contributed by atoms with Crippen LogP contribution in [0.1, 0.15) is 61.0 Å². The Morgan fingerprint density at radius 3 is 2.30 bits per heavy atom. The van der Waals surface area contributed by atoms with E-state index in [-0.39, 0.29) is 66.7 Å². The third-order valence-corrected chi connectivity index (χ3v) is 7.29. The van der Waals surface area contributed by atoms with Crippen molar-refractivity contribution < 1.29 is 27.9 Å². The molecule has 0 atom stereocenters. The molecule has 1 amide bonds. The number of anilines is 2. The molecule has 0 unspecified atom stereocenters. The van der Waals surface area contributed by atoms with E-state index >= 15 is 4.39 Å². The summed E-state index contributed by atoms with van der Waals surface area (Å²) in [5, 5.41) is 12.6. The molecule has 0 aromatic heterocycles. The van der Waals surface area contributed by atoms with E-state index in [0.29, 0.717) is 17.9 Å². The molecule has 2 N–H and O–H groups in total. The molecule has 0 bridgehead atoms. The van der Waals surface area contributed by atoms with Gasteiger partial charge in [0.1, 0.15) is 5.82 Å². The normalized spacial score (nSPS) is 15.2. The lowest BCUT2D eigenvalue weighted by Gasteiger charge is -2.40. The van der Waals surface area contributed by atoms with Crippen LogP contribution >= 0.6 is 0 Å². The van der Waals surface area contributed by atoms with Crippen LogP contribution in [0.4, 0.5) is 24.5 Å². The van der Waals surface area contributed by atoms with Crippen LogP contribution in [0.5, 0.6) is 0 Å². The van der Waals surface area contributed by atoms with Gasteiger partial charge in [0.15, 0.2) is 0 Å². The maximum Gasteiger partial charge on any atom is 0.336 e. The molecular weight excluding hydrogens is 517 g/mol. The molecule has 212 valence electrons. The van der Waals surface area contributed by atoms with Crippen molar-refractivity contribution in [3.63, 3.8) is 0 Å². The molecule has 4 rings (SSSR count). The second-order valence-corrected chi connectivity index (χ2v) is 11.0. The fraction of sp³-hybridized carbons (Fsp3) is 0.375. The lowest BCUT2D eigenvalue weighted by Crippen LogP contribution is -2.43. The highest BCUT2D eigenvalue weighted by molar-refractivity contribution is 5.99. The molecule has 0 radical (unpaired) electrons. The number of aryl methyl sites for hydroxylation is 1. The van der Waals surface area contributed by atoms with Crippen LogP contribution in [0.3, 0.4) is 0 Å². The molecule has 1 fully saturated rings. The van der Waals surface area contributed by atoms with E-state index in [0.717, 1.165) is 11.1 Å². The molecule has 3 aromatic rings. The first-order chi connectivity index (χ1) is 18.9. The van der Waals surface area contributed by atoms with Gasteiger partial charge in [-0.15, -0.1) is 0 Å². The minimum absolute atomic E-state index is 0.0343. The number of carboxylic acids is 1. The number of alkyl halides is 2. The quantitative estimate of drug-likeness (QED) is 0.285. The van der Waals surface area contributed by atoms with Gasteiger partial charge >= 0.3 is 5.97 Å². The van der Waals surface area contributed by atoms with Crippen LogP contribution in [0.2, 0.25) is 0 Å². The first-order valence-electron chi connectivity index (χ1n) is 13.6. The summed E-state index contributed by atoms with van der Waals surface area (Å²) in [6, 6.07) is 16.2. The van der Waals surface area contributed by atoms with Gasteiger partial charge < -0.3 is 15.3 Å². The molecule has 1 aliphatic rings. The molecule has 40 heavy (non-hydrogen) atoms. The number of hydrogen-bond donors (Lipinski definition) is 2. The smallest absolute Gasteiger partial charge is 0.336 e. The Morgan fingerprint density at radius 1 is 1.02 bits per heavy atom. The van der Waals surface area contributed by atoms with E-state index in [1.807, 2.05) is 49.9 Å². The van der Waals surface area contributed by atoms with Crippen LogP contribution in [0.25, 0.3) is 11.1 Å². The lowest BCUT2D eigenvalue weighted by atomic mass is 9.89. The first-order valence-corrected chi connectivity index (χ1v) is 13.6. The zero-order chi connectivity index (χ0) is 29.0. The highest BCUT2D eigenvalue weighted by atomic mass is 19.3. The van der Waals surface area contributed by atoms with Crippen molar-refractivity contribution in [1.82, 2.24) is 0 Å². The van der Waals surface area contributed by atoms with E-state index in [2.05, 4.69) is 5.32 Å². The van der Waals surface area contributed by atoms with E-state index < -0.39 is 17.7 Å². The Labute approximate surface area is 233 Å². The summed E-state index contributed by atoms with van der Waals surface area (Å²) in [4.78, 5) is 27.0. The maximum absolute atomic E-state index is 15.8. The van der Waals surface area contributed by atoms with Gasteiger partial charge in [0.2, 0.25) is 11.8 Å². The number of amides is 1. The number of nitrogens with one attached hydrogen (secondary N) is 1. The predicted molar refractivity (Wildman–Crippen MR) is 152 cm³/mol. The van der Waals surface area contributed by atoms with Crippen molar-refractivity contribution in [1.29, 1.82) is 0 Å². The number of aromatic carboxylic acids is 1. The molecule has 5 nitrogen and oxygen atoms in total. The number of nitrogens with zero attached hydrogens (tertiary/aromatic N) is 1. The Balaban J connectivity index is 1.79. The Morgan fingerprint density at radius 2 is 1.68 bits per heavy atom. The van der Waals surface area contributed by atoms with Gasteiger partial charge in [0.05, 0.1) is 23.4 Å². The predicted octanol–water partition coefficient (Wildman–Crippen LogP) is 7.72. The van der Waals surface area contributed by atoms with Gasteiger partial charge in [-0.2, -0.15) is 0 Å². The van der Waals surface area contributed by atoms with Gasteiger partial charge in [-0.25, -0.2) is 18.0 Å². The highest BCUT2D eigenvalue weighted by Crippen LogP contribution is 2.41. The molecule has 1 saturated carbocycles. The summed E-state index contributed by atoms with van der Waals surface area (Å²) in [7, 11) is 0. The molecule has 1 aliphatic carbocycles. The number of carbonyl (C=O) groups is 2. The van der Waals surface area contributed by atoms with E-state index in [1.165, 1.54) is 24.3 Å². The molecule has 8 heteroatoms. The Hall–Kier alpha value is -3.81. The molecule has 0 aliphatic heterocycles. The van der Waals surface area contributed by atoms with Crippen LogP contribution in [-0.2, 0) is 11.2 Å². The maximum atomic E-state index is 15.8. The SMILES string of the molecule is Cc1ccc(CC(=O)Nc2cc(-c3ccccc3C(=O)O)c(F)cc2N(CC(C)C)C2CCC(F)(F)CC2)cc1. The van der Waals surface area contributed by atoms with Crippen molar-refractivity contribution in [2.75, 3.05) is 16.8 Å². The summed E-state index contributed by atoms with van der Waals surface area (Å²) < 4.78 is 43.8. The van der Waals surface area contributed by atoms with Gasteiger partial charge in [0.25, 0.3) is 0 Å². The minimum Gasteiger partial charge on any atom is -0.478 e. The Kier molecular flexibility index (Phi) is 8.86. The highest BCUT2D eigenvalue weighted by Gasteiger charge is 2.38. The van der Waals surface area contributed by atoms with Gasteiger partial charge in [-0.05, 0) is 55.0 Å². The third-order valence-electron chi connectivity index (χ3n) is 7.29. The van der Waals surface area contributed by atoms with Crippen molar-refractivity contribution >= 4 is 23.3 Å². The standard InChI is InChI=1S/C32H35F3N2O3/c1-20(2)19-37(23-12-14-32(34,35)15-13-23)29-18-27(33)26(24-6-4-5-7-25(24)31(39)40)17-28(29)36-30(38)16-22-10-8-21(3)9-11-22/h4-11,17-18,20,23H,12-16,19H2,1-3H3,(H,36,38)(H,39,40). The average molecular weight is 553 g/mol. The summed E-state index contributed by atoms with van der Waals surface area (Å²) in [6.45, 7) is 6.42. The minimum atomic E-state index is -2.72. The lowest BCUT2D eigenvalue weighted by molar-refractivity contribution is -0.115. The van der Waals surface area contributed by atoms with E-state index in [4.69, 9.17) is 0 Å². The number of rotatable bonds is 9. The van der Waals surface area contributed by atoms with Gasteiger partial charge in [0, 0.05) is 31.0 Å². The van der Waals surface area contributed by atoms with Gasteiger partial charge in [-0.1, -0.05) is 61.9 Å². The van der Waals surface area contributed by atoms with Crippen LogP contribution in [0, 0.1) is 18.7 Å². The zero-order valence-corrected chi connectivity index (χ0v) is 23.0. The summed E-state index contributed by atoms with van der Waals surface area (Å²) in [5.41, 5.74) is 2.72. The monoisotopic (exact) mass is 552 g/mol. The summed E-state index contributed by atoms with van der Waals surface area (Å²) in [5.74, 6) is -4.77. The summed E-state index contributed by atoms with van der Waals surface area (Å²) >= 11 is 0. The fourth-order valence-corrected chi connectivity index (χ4v) is 5.27. The topological polar surface area (TPSA) is 69.6 Å². The van der Waals surface area contributed by atoms with Crippen LogP contribution in [-0.4, -0.2) is 35.5 Å². The Bertz CT molecular complexity index is 1360. The molecule has 0 spiro atoms. The van der Waals surface area contributed by atoms with Crippen LogP contribution in [0.15, 0.2) is 60.7 Å².